The minimum Gasteiger partial charge on any atom is -0.496 e. The highest BCUT2D eigenvalue weighted by molar-refractivity contribution is 6.12. The van der Waals surface area contributed by atoms with Gasteiger partial charge in [0, 0.05) is 11.6 Å². The molecule has 13 heteroatoms. The van der Waals surface area contributed by atoms with Crippen LogP contribution in [-0.2, 0) is 15.7 Å². The predicted molar refractivity (Wildman–Crippen MR) is 127 cm³/mol. The quantitative estimate of drug-likeness (QED) is 0.338. The van der Waals surface area contributed by atoms with Crippen molar-refractivity contribution in [3.8, 4) is 11.4 Å². The highest BCUT2D eigenvalue weighted by Crippen LogP contribution is 2.41. The Labute approximate surface area is 209 Å². The Hall–Kier alpha value is -4.42. The zero-order chi connectivity index (χ0) is 27.4. The lowest BCUT2D eigenvalue weighted by molar-refractivity contribution is -0.138. The smallest absolute Gasteiger partial charge is 0.420 e. The molecule has 0 aliphatic rings. The van der Waals surface area contributed by atoms with Gasteiger partial charge in [-0.2, -0.15) is 13.2 Å². The molecule has 0 aliphatic carbocycles. The number of rotatable bonds is 7. The minimum atomic E-state index is -4.83. The van der Waals surface area contributed by atoms with E-state index in [2.05, 4.69) is 20.9 Å². The first-order valence-corrected chi connectivity index (χ1v) is 10.9. The van der Waals surface area contributed by atoms with E-state index in [1.165, 1.54) is 23.0 Å². The van der Waals surface area contributed by atoms with Gasteiger partial charge in [0.15, 0.2) is 5.78 Å². The highest BCUT2D eigenvalue weighted by Gasteiger charge is 2.36. The number of alkyl halides is 3. The third-order valence-electron chi connectivity index (χ3n) is 4.73. The molecule has 0 aliphatic heterocycles. The molecule has 0 unspecified atom stereocenters. The normalized spacial score (nSPS) is 11.5. The number of anilines is 2. The van der Waals surface area contributed by atoms with Crippen LogP contribution >= 0.6 is 0 Å². The molecule has 0 radical (unpaired) electrons. The molecule has 0 bridgehead atoms. The first-order chi connectivity index (χ1) is 17.3. The molecule has 0 fully saturated rings. The van der Waals surface area contributed by atoms with Crippen LogP contribution in [0.5, 0.6) is 5.75 Å². The number of amides is 2. The largest absolute Gasteiger partial charge is 0.496 e. The van der Waals surface area contributed by atoms with Crippen molar-refractivity contribution in [2.24, 2.45) is 0 Å². The first kappa shape index (κ1) is 27.2. The number of aromatic nitrogens is 3. The molecule has 0 saturated heterocycles. The van der Waals surface area contributed by atoms with E-state index < -0.39 is 53.0 Å². The first-order valence-electron chi connectivity index (χ1n) is 10.9. The predicted octanol–water partition coefficient (Wildman–Crippen LogP) is 4.85. The van der Waals surface area contributed by atoms with Gasteiger partial charge in [0.2, 0.25) is 5.91 Å². The summed E-state index contributed by atoms with van der Waals surface area (Å²) in [4.78, 5) is 37.7. The molecule has 3 aromatic rings. The number of nitrogens with zero attached hydrogens (tertiary/aromatic N) is 3. The van der Waals surface area contributed by atoms with Crippen LogP contribution in [0.2, 0.25) is 0 Å². The van der Waals surface area contributed by atoms with Crippen molar-refractivity contribution in [2.45, 2.75) is 39.0 Å². The van der Waals surface area contributed by atoms with E-state index in [-0.39, 0.29) is 11.3 Å². The van der Waals surface area contributed by atoms with Crippen LogP contribution < -0.4 is 15.4 Å². The number of hydrogen-bond donors (Lipinski definition) is 2. The van der Waals surface area contributed by atoms with Crippen LogP contribution in [0.4, 0.5) is 29.3 Å². The van der Waals surface area contributed by atoms with Gasteiger partial charge in [-0.25, -0.2) is 9.48 Å². The molecular formula is C24H24F3N5O5. The minimum absolute atomic E-state index is 0.181. The molecule has 2 aromatic carbocycles. The summed E-state index contributed by atoms with van der Waals surface area (Å²) in [5.41, 5.74) is -1.98. The second-order valence-electron chi connectivity index (χ2n) is 8.77. The SMILES string of the molecule is COc1cc(NC(=O)OC(C)(C)C)c(NC(=O)CC(=O)c2cccc(-n3ccnn3)c2)cc1C(F)(F)F. The number of Topliss-reactive ketones (excluding diaryl/α,β-unsaturated/α-hetero) is 1. The van der Waals surface area contributed by atoms with E-state index in [1.54, 1.807) is 39.1 Å². The van der Waals surface area contributed by atoms with Crippen LogP contribution in [0.1, 0.15) is 43.1 Å². The van der Waals surface area contributed by atoms with Gasteiger partial charge < -0.3 is 14.8 Å². The Morgan fingerprint density at radius 3 is 2.32 bits per heavy atom. The molecule has 1 aromatic heterocycles. The lowest BCUT2D eigenvalue weighted by atomic mass is 10.1. The highest BCUT2D eigenvalue weighted by atomic mass is 19.4. The van der Waals surface area contributed by atoms with Crippen molar-refractivity contribution in [2.75, 3.05) is 17.7 Å². The summed E-state index contributed by atoms with van der Waals surface area (Å²) in [6.07, 6.45) is -3.45. The van der Waals surface area contributed by atoms with E-state index in [1.807, 2.05) is 0 Å². The fourth-order valence-corrected chi connectivity index (χ4v) is 3.20. The standard InChI is InChI=1S/C24H24F3N5O5/c1-23(2,3)37-22(35)30-18-12-20(36-4)16(24(25,26)27)11-17(18)29-21(34)13-19(33)14-6-5-7-15(10-14)32-9-8-28-31-32/h5-12H,13H2,1-4H3,(H,29,34)(H,30,35). The van der Waals surface area contributed by atoms with E-state index >= 15 is 0 Å². The molecule has 196 valence electrons. The topological polar surface area (TPSA) is 124 Å². The maximum absolute atomic E-state index is 13.6. The van der Waals surface area contributed by atoms with Crippen molar-refractivity contribution in [1.82, 2.24) is 15.0 Å². The average Bonchev–Trinajstić information content (AvgIpc) is 3.33. The van der Waals surface area contributed by atoms with Crippen molar-refractivity contribution in [1.29, 1.82) is 0 Å². The second kappa shape index (κ2) is 10.7. The van der Waals surface area contributed by atoms with Gasteiger partial charge in [-0.3, -0.25) is 14.9 Å². The average molecular weight is 519 g/mol. The Kier molecular flexibility index (Phi) is 7.84. The Morgan fingerprint density at radius 2 is 1.73 bits per heavy atom. The maximum atomic E-state index is 13.6. The molecule has 0 saturated carbocycles. The molecule has 2 amide bonds. The van der Waals surface area contributed by atoms with Crippen LogP contribution in [0.25, 0.3) is 5.69 Å². The van der Waals surface area contributed by atoms with E-state index in [4.69, 9.17) is 9.47 Å². The summed E-state index contributed by atoms with van der Waals surface area (Å²) >= 11 is 0. The molecular weight excluding hydrogens is 495 g/mol. The molecule has 0 atom stereocenters. The number of carbonyl (C=O) groups is 3. The Morgan fingerprint density at radius 1 is 1.03 bits per heavy atom. The zero-order valence-electron chi connectivity index (χ0n) is 20.3. The number of carbonyl (C=O) groups excluding carboxylic acids is 3. The summed E-state index contributed by atoms with van der Waals surface area (Å²) in [7, 11) is 1.03. The van der Waals surface area contributed by atoms with Gasteiger partial charge in [0.25, 0.3) is 0 Å². The fraction of sp³-hybridized carbons (Fsp3) is 0.292. The van der Waals surface area contributed by atoms with Crippen LogP contribution in [-0.4, -0.2) is 45.5 Å². The Balaban J connectivity index is 1.86. The van der Waals surface area contributed by atoms with Crippen LogP contribution in [0.15, 0.2) is 48.8 Å². The van der Waals surface area contributed by atoms with Gasteiger partial charge in [-0.05, 0) is 39.0 Å². The molecule has 0 spiro atoms. The maximum Gasteiger partial charge on any atom is 0.420 e. The van der Waals surface area contributed by atoms with Crippen LogP contribution in [0, 0.1) is 0 Å². The van der Waals surface area contributed by atoms with Gasteiger partial charge in [-0.15, -0.1) is 5.10 Å². The van der Waals surface area contributed by atoms with Gasteiger partial charge in [-0.1, -0.05) is 17.3 Å². The van der Waals surface area contributed by atoms with Crippen molar-refractivity contribution < 1.29 is 37.0 Å². The van der Waals surface area contributed by atoms with Crippen molar-refractivity contribution >= 4 is 29.2 Å². The van der Waals surface area contributed by atoms with E-state index in [0.29, 0.717) is 11.8 Å². The fourth-order valence-electron chi connectivity index (χ4n) is 3.20. The number of ether oxygens (including phenoxy) is 2. The van der Waals surface area contributed by atoms with E-state index in [0.717, 1.165) is 13.2 Å². The van der Waals surface area contributed by atoms with Gasteiger partial charge in [0.05, 0.1) is 48.5 Å². The van der Waals surface area contributed by atoms with Crippen molar-refractivity contribution in [3.05, 3.63) is 59.9 Å². The van der Waals surface area contributed by atoms with Crippen LogP contribution in [0.3, 0.4) is 0 Å². The molecule has 2 N–H and O–H groups in total. The number of halogens is 3. The van der Waals surface area contributed by atoms with Crippen molar-refractivity contribution in [3.63, 3.8) is 0 Å². The summed E-state index contributed by atoms with van der Waals surface area (Å²) in [6, 6.07) is 7.76. The number of ketones is 1. The molecule has 3 rings (SSSR count). The van der Waals surface area contributed by atoms with E-state index in [9.17, 15) is 27.6 Å². The second-order valence-corrected chi connectivity index (χ2v) is 8.77. The number of hydrogen-bond acceptors (Lipinski definition) is 7. The lowest BCUT2D eigenvalue weighted by Gasteiger charge is -2.22. The number of nitrogens with one attached hydrogen (secondary N) is 2. The summed E-state index contributed by atoms with van der Waals surface area (Å²) in [5.74, 6) is -2.08. The molecule has 37 heavy (non-hydrogen) atoms. The Bertz CT molecular complexity index is 1300. The third-order valence-corrected chi connectivity index (χ3v) is 4.73. The molecule has 10 nitrogen and oxygen atoms in total. The summed E-state index contributed by atoms with van der Waals surface area (Å²) in [6.45, 7) is 4.81. The zero-order valence-corrected chi connectivity index (χ0v) is 20.3. The van der Waals surface area contributed by atoms with Gasteiger partial charge in [0.1, 0.15) is 11.4 Å². The monoisotopic (exact) mass is 519 g/mol. The third kappa shape index (κ3) is 7.29. The summed E-state index contributed by atoms with van der Waals surface area (Å²) < 4.78 is 52.1. The summed E-state index contributed by atoms with van der Waals surface area (Å²) in [5, 5.41) is 12.1. The van der Waals surface area contributed by atoms with Gasteiger partial charge >= 0.3 is 12.3 Å². The lowest BCUT2D eigenvalue weighted by Crippen LogP contribution is -2.28. The number of benzene rings is 2. The number of methoxy groups -OCH3 is 1. The molecule has 1 heterocycles.